The summed E-state index contributed by atoms with van der Waals surface area (Å²) in [6, 6.07) is -0.729. The Hall–Kier alpha value is -2.89. The highest BCUT2D eigenvalue weighted by Crippen LogP contribution is 2.24. The Balaban J connectivity index is 2.14. The van der Waals surface area contributed by atoms with Crippen LogP contribution < -0.4 is 5.32 Å². The Bertz CT molecular complexity index is 1650. The van der Waals surface area contributed by atoms with Crippen LogP contribution in [0, 0.1) is 0 Å². The number of aliphatic hydroxyl groups excluding tert-OH is 5. The van der Waals surface area contributed by atoms with Crippen molar-refractivity contribution in [2.24, 2.45) is 0 Å². The highest BCUT2D eigenvalue weighted by molar-refractivity contribution is 5.76. The molecule has 1 saturated heterocycles. The smallest absolute Gasteiger partial charge is 0.220 e. The Morgan fingerprint density at radius 1 is 0.417 bits per heavy atom. The molecule has 1 aliphatic heterocycles. The molecule has 1 rings (SSSR count). The van der Waals surface area contributed by atoms with E-state index in [0.717, 1.165) is 96.3 Å². The molecule has 0 aromatic carbocycles. The van der Waals surface area contributed by atoms with E-state index in [1.54, 1.807) is 0 Å². The Morgan fingerprint density at radius 3 is 1.10 bits per heavy atom. The first-order valence-corrected chi connectivity index (χ1v) is 35.4. The SMILES string of the molecule is CC/C=C\C/C=C\C/C=C\C/C=C\C/C=C\C/C=C\C/C=C\C/C=C\CCCCCCCCCCCCC(=O)NC(COC1OC(CO)C(O)C(O)C1O)C(O)CCCCCCCCCCCCCCCCCCCCCCCCCCCC. The van der Waals surface area contributed by atoms with Crippen LogP contribution >= 0.6 is 0 Å². The van der Waals surface area contributed by atoms with Gasteiger partial charge < -0.3 is 40.3 Å². The Labute approximate surface area is 517 Å². The predicted octanol–water partition coefficient (Wildman–Crippen LogP) is 19.5. The van der Waals surface area contributed by atoms with Gasteiger partial charge in [0.1, 0.15) is 24.4 Å². The second-order valence-corrected chi connectivity index (χ2v) is 24.3. The maximum absolute atomic E-state index is 13.2. The van der Waals surface area contributed by atoms with Gasteiger partial charge in [-0.05, 0) is 77.0 Å². The fourth-order valence-corrected chi connectivity index (χ4v) is 10.9. The van der Waals surface area contributed by atoms with Crippen LogP contribution in [0.4, 0.5) is 0 Å². The van der Waals surface area contributed by atoms with Crippen LogP contribution in [0.1, 0.15) is 316 Å². The maximum Gasteiger partial charge on any atom is 0.220 e. The maximum atomic E-state index is 13.2. The predicted molar refractivity (Wildman–Crippen MR) is 359 cm³/mol. The van der Waals surface area contributed by atoms with Crippen molar-refractivity contribution in [2.45, 2.75) is 358 Å². The van der Waals surface area contributed by atoms with Gasteiger partial charge in [0.15, 0.2) is 6.29 Å². The molecule has 1 amide bonds. The summed E-state index contributed by atoms with van der Waals surface area (Å²) < 4.78 is 11.4. The zero-order valence-electron chi connectivity index (χ0n) is 54.4. The molecule has 9 heteroatoms. The van der Waals surface area contributed by atoms with Gasteiger partial charge in [0, 0.05) is 6.42 Å². The lowest BCUT2D eigenvalue weighted by Gasteiger charge is -2.40. The molecular formula is C75H133NO8. The van der Waals surface area contributed by atoms with Gasteiger partial charge in [0.25, 0.3) is 0 Å². The fraction of sp³-hybridized carbons (Fsp3) is 0.773. The zero-order valence-corrected chi connectivity index (χ0v) is 54.4. The van der Waals surface area contributed by atoms with E-state index in [1.165, 1.54) is 193 Å². The van der Waals surface area contributed by atoms with Crippen molar-refractivity contribution < 1.29 is 39.8 Å². The van der Waals surface area contributed by atoms with Crippen molar-refractivity contribution in [3.63, 3.8) is 0 Å². The number of hydrogen-bond donors (Lipinski definition) is 6. The number of unbranched alkanes of at least 4 members (excludes halogenated alkanes) is 35. The average molecular weight is 1180 g/mol. The third-order valence-corrected chi connectivity index (χ3v) is 16.5. The van der Waals surface area contributed by atoms with E-state index < -0.39 is 49.5 Å². The molecule has 486 valence electrons. The summed E-state index contributed by atoms with van der Waals surface area (Å²) in [6.45, 7) is 3.75. The Morgan fingerprint density at radius 2 is 0.738 bits per heavy atom. The first-order valence-electron chi connectivity index (χ1n) is 35.4. The molecule has 1 fully saturated rings. The standard InChI is InChI=1S/C75H133NO8/c1-3-5-7-9-11-13-15-17-19-21-23-25-27-29-31-32-33-34-35-36-37-38-39-41-43-45-47-49-51-53-55-57-59-61-63-65-71(79)76-68(67-83-75-74(82)73(81)72(80)70(66-77)84-75)69(78)64-62-60-58-56-54-52-50-48-46-44-42-40-30-28-26-24-22-20-18-16-14-12-10-8-6-4-2/h5,7,11,13,17,19,23,25,29,31,33-34,36-37,39,41,68-70,72-75,77-78,80-82H,3-4,6,8-10,12,14-16,18,20-22,24,26-28,30,32,35,38,40,42-67H2,1-2H3,(H,76,79)/b7-5-,13-11-,19-17-,25-23-,31-29-,34-33-,37-36-,41-39-. The van der Waals surface area contributed by atoms with Crippen LogP contribution in [0.3, 0.4) is 0 Å². The van der Waals surface area contributed by atoms with E-state index in [0.29, 0.717) is 12.8 Å². The number of allylic oxidation sites excluding steroid dienone is 16. The van der Waals surface area contributed by atoms with E-state index in [-0.39, 0.29) is 12.5 Å². The lowest BCUT2D eigenvalue weighted by Crippen LogP contribution is -2.60. The van der Waals surface area contributed by atoms with Crippen molar-refractivity contribution in [3.8, 4) is 0 Å². The number of rotatable bonds is 61. The number of carbonyl (C=O) groups excluding carboxylic acids is 1. The molecule has 0 spiro atoms. The second-order valence-electron chi connectivity index (χ2n) is 24.3. The van der Waals surface area contributed by atoms with E-state index in [1.807, 2.05) is 0 Å². The van der Waals surface area contributed by atoms with Gasteiger partial charge in [0.05, 0.1) is 25.4 Å². The van der Waals surface area contributed by atoms with Gasteiger partial charge in [-0.25, -0.2) is 0 Å². The Kier molecular flexibility index (Phi) is 59.5. The van der Waals surface area contributed by atoms with Crippen LogP contribution in [-0.2, 0) is 14.3 Å². The van der Waals surface area contributed by atoms with Crippen molar-refractivity contribution in [1.29, 1.82) is 0 Å². The minimum absolute atomic E-state index is 0.143. The molecule has 0 aromatic rings. The molecule has 0 bridgehead atoms. The minimum atomic E-state index is -1.56. The van der Waals surface area contributed by atoms with Crippen LogP contribution in [-0.4, -0.2) is 87.5 Å². The third-order valence-electron chi connectivity index (χ3n) is 16.5. The molecule has 1 aliphatic rings. The molecule has 0 saturated carbocycles. The van der Waals surface area contributed by atoms with E-state index in [4.69, 9.17) is 9.47 Å². The molecule has 6 N–H and O–H groups in total. The first kappa shape index (κ1) is 79.1. The summed E-state index contributed by atoms with van der Waals surface area (Å²) in [5, 5.41) is 55.0. The van der Waals surface area contributed by atoms with Crippen molar-refractivity contribution in [2.75, 3.05) is 13.2 Å². The van der Waals surface area contributed by atoms with Crippen molar-refractivity contribution in [3.05, 3.63) is 97.2 Å². The summed E-state index contributed by atoms with van der Waals surface area (Å²) in [5.74, 6) is -0.148. The van der Waals surface area contributed by atoms with Gasteiger partial charge in [-0.3, -0.25) is 4.79 Å². The van der Waals surface area contributed by atoms with E-state index >= 15 is 0 Å². The molecule has 1 heterocycles. The lowest BCUT2D eigenvalue weighted by atomic mass is 9.99. The fourth-order valence-electron chi connectivity index (χ4n) is 10.9. The zero-order chi connectivity index (χ0) is 60.7. The first-order chi connectivity index (χ1) is 41.3. The molecule has 7 unspecified atom stereocenters. The molecule has 0 radical (unpaired) electrons. The van der Waals surface area contributed by atoms with Gasteiger partial charge in [-0.1, -0.05) is 329 Å². The number of amides is 1. The van der Waals surface area contributed by atoms with E-state index in [2.05, 4.69) is 116 Å². The molecular weight excluding hydrogens is 1040 g/mol. The van der Waals surface area contributed by atoms with Gasteiger partial charge >= 0.3 is 0 Å². The van der Waals surface area contributed by atoms with Gasteiger partial charge in [0.2, 0.25) is 5.91 Å². The number of hydrogen-bond acceptors (Lipinski definition) is 8. The largest absolute Gasteiger partial charge is 0.394 e. The van der Waals surface area contributed by atoms with Crippen LogP contribution in [0.15, 0.2) is 97.2 Å². The highest BCUT2D eigenvalue weighted by Gasteiger charge is 2.44. The summed E-state index contributed by atoms with van der Waals surface area (Å²) in [7, 11) is 0. The van der Waals surface area contributed by atoms with Crippen LogP contribution in [0.25, 0.3) is 0 Å². The molecule has 0 aromatic heterocycles. The monoisotopic (exact) mass is 1180 g/mol. The number of nitrogens with one attached hydrogen (secondary N) is 1. The normalized spacial score (nSPS) is 18.8. The molecule has 84 heavy (non-hydrogen) atoms. The summed E-state index contributed by atoms with van der Waals surface area (Å²) >= 11 is 0. The lowest BCUT2D eigenvalue weighted by molar-refractivity contribution is -0.302. The molecule has 7 atom stereocenters. The number of aliphatic hydroxyl groups is 5. The van der Waals surface area contributed by atoms with Gasteiger partial charge in [-0.15, -0.1) is 0 Å². The number of ether oxygens (including phenoxy) is 2. The second kappa shape index (κ2) is 63.1. The molecule has 0 aliphatic carbocycles. The topological polar surface area (TPSA) is 149 Å². The summed E-state index contributed by atoms with van der Waals surface area (Å²) in [5.41, 5.74) is 0. The van der Waals surface area contributed by atoms with E-state index in [9.17, 15) is 30.3 Å². The summed E-state index contributed by atoms with van der Waals surface area (Å²) in [4.78, 5) is 13.2. The van der Waals surface area contributed by atoms with Crippen LogP contribution in [0.2, 0.25) is 0 Å². The third kappa shape index (κ3) is 51.2. The summed E-state index contributed by atoms with van der Waals surface area (Å²) in [6.07, 6.45) is 84.6. The van der Waals surface area contributed by atoms with Crippen molar-refractivity contribution >= 4 is 5.91 Å². The highest BCUT2D eigenvalue weighted by atomic mass is 16.7. The molecule has 9 nitrogen and oxygen atoms in total. The quantitative estimate of drug-likeness (QED) is 0.0261. The minimum Gasteiger partial charge on any atom is -0.394 e. The average Bonchev–Trinajstić information content (AvgIpc) is 3.70. The van der Waals surface area contributed by atoms with Gasteiger partial charge in [-0.2, -0.15) is 0 Å². The van der Waals surface area contributed by atoms with Crippen molar-refractivity contribution in [1.82, 2.24) is 5.32 Å². The van der Waals surface area contributed by atoms with Crippen LogP contribution in [0.5, 0.6) is 0 Å². The number of carbonyl (C=O) groups is 1.